The molecule has 0 saturated carbocycles. The first-order valence-electron chi connectivity index (χ1n) is 12.4. The molecule has 0 bridgehead atoms. The van der Waals surface area contributed by atoms with E-state index in [4.69, 9.17) is 14.2 Å². The summed E-state index contributed by atoms with van der Waals surface area (Å²) in [6, 6.07) is 10.7. The Kier molecular flexibility index (Phi) is 6.28. The zero-order chi connectivity index (χ0) is 25.6. The van der Waals surface area contributed by atoms with E-state index >= 15 is 0 Å². The largest absolute Gasteiger partial charge is 0.493 e. The van der Waals surface area contributed by atoms with Crippen LogP contribution in [0.4, 0.5) is 0 Å². The lowest BCUT2D eigenvalue weighted by molar-refractivity contribution is -0.158. The molecule has 3 aromatic rings. The summed E-state index contributed by atoms with van der Waals surface area (Å²) in [7, 11) is 4.70. The first-order valence-corrected chi connectivity index (χ1v) is 12.4. The Morgan fingerprint density at radius 1 is 1.03 bits per heavy atom. The third-order valence-corrected chi connectivity index (χ3v) is 7.32. The van der Waals surface area contributed by atoms with Gasteiger partial charge in [0.1, 0.15) is 6.04 Å². The van der Waals surface area contributed by atoms with Crippen LogP contribution in [-0.2, 0) is 16.0 Å². The zero-order valence-corrected chi connectivity index (χ0v) is 21.5. The van der Waals surface area contributed by atoms with E-state index in [0.29, 0.717) is 36.1 Å². The van der Waals surface area contributed by atoms with Crippen LogP contribution in [0.3, 0.4) is 0 Å². The predicted octanol–water partition coefficient (Wildman–Crippen LogP) is 3.92. The molecule has 2 atom stereocenters. The number of H-pyrrole nitrogens is 1. The standard InChI is InChI=1S/C28H33N3O5/c1-16(2)10-11-30-15-24(32)31-21(28(30)33)14-19-18-8-6-7-9-20(18)29-25(19)26(31)17-12-22(34-3)27(36-5)23(13-17)35-4/h6-9,12-13,16,21,26,29H,10-11,14-15H2,1-5H3/t21-,26+/m0/s1. The molecule has 0 aliphatic carbocycles. The van der Waals surface area contributed by atoms with Gasteiger partial charge in [0, 0.05) is 29.6 Å². The zero-order valence-electron chi connectivity index (χ0n) is 21.5. The molecule has 2 aromatic carbocycles. The summed E-state index contributed by atoms with van der Waals surface area (Å²) in [6.45, 7) is 4.92. The van der Waals surface area contributed by atoms with Crippen molar-refractivity contribution in [1.29, 1.82) is 0 Å². The molecule has 0 radical (unpaired) electrons. The minimum absolute atomic E-state index is 0.00335. The molecule has 8 heteroatoms. The average molecular weight is 492 g/mol. The van der Waals surface area contributed by atoms with E-state index < -0.39 is 12.1 Å². The number of hydrogen-bond donors (Lipinski definition) is 1. The Bertz CT molecular complexity index is 1290. The van der Waals surface area contributed by atoms with Gasteiger partial charge in [0.25, 0.3) is 0 Å². The molecule has 8 nitrogen and oxygen atoms in total. The third kappa shape index (κ3) is 3.85. The molecule has 2 amide bonds. The van der Waals surface area contributed by atoms with Crippen molar-refractivity contribution < 1.29 is 23.8 Å². The number of fused-ring (bicyclic) bond motifs is 4. The summed E-state index contributed by atoms with van der Waals surface area (Å²) < 4.78 is 16.8. The van der Waals surface area contributed by atoms with Crippen LogP contribution < -0.4 is 14.2 Å². The number of nitrogens with zero attached hydrogens (tertiary/aromatic N) is 2. The summed E-state index contributed by atoms with van der Waals surface area (Å²) in [5.74, 6) is 1.87. The molecule has 1 aromatic heterocycles. The highest BCUT2D eigenvalue weighted by Gasteiger charge is 2.48. The summed E-state index contributed by atoms with van der Waals surface area (Å²) in [5, 5.41) is 1.07. The van der Waals surface area contributed by atoms with E-state index in [9.17, 15) is 9.59 Å². The lowest BCUT2D eigenvalue weighted by atomic mass is 9.86. The maximum atomic E-state index is 13.8. The lowest BCUT2D eigenvalue weighted by Gasteiger charge is -2.47. The fraction of sp³-hybridized carbons (Fsp3) is 0.429. The van der Waals surface area contributed by atoms with Crippen molar-refractivity contribution in [2.75, 3.05) is 34.4 Å². The lowest BCUT2D eigenvalue weighted by Crippen LogP contribution is -2.63. The van der Waals surface area contributed by atoms with Crippen LogP contribution in [0.25, 0.3) is 10.9 Å². The van der Waals surface area contributed by atoms with Crippen molar-refractivity contribution in [3.05, 3.63) is 53.2 Å². The number of carbonyl (C=O) groups excluding carboxylic acids is 2. The Morgan fingerprint density at radius 2 is 1.72 bits per heavy atom. The second kappa shape index (κ2) is 9.41. The van der Waals surface area contributed by atoms with E-state index in [-0.39, 0.29) is 18.4 Å². The number of methoxy groups -OCH3 is 3. The normalized spacial score (nSPS) is 19.5. The highest BCUT2D eigenvalue weighted by molar-refractivity contribution is 5.97. The third-order valence-electron chi connectivity index (χ3n) is 7.32. The van der Waals surface area contributed by atoms with Crippen LogP contribution in [0, 0.1) is 5.92 Å². The number of para-hydroxylation sites is 1. The van der Waals surface area contributed by atoms with E-state index in [1.165, 1.54) is 0 Å². The van der Waals surface area contributed by atoms with Gasteiger partial charge in [-0.1, -0.05) is 32.0 Å². The topological polar surface area (TPSA) is 84.1 Å². The smallest absolute Gasteiger partial charge is 0.246 e. The molecule has 5 rings (SSSR count). The quantitative estimate of drug-likeness (QED) is 0.542. The van der Waals surface area contributed by atoms with Crippen LogP contribution in [0.1, 0.15) is 43.1 Å². The van der Waals surface area contributed by atoms with E-state index in [2.05, 4.69) is 24.9 Å². The number of carbonyl (C=O) groups is 2. The van der Waals surface area contributed by atoms with Gasteiger partial charge in [-0.2, -0.15) is 0 Å². The molecule has 0 unspecified atom stereocenters. The summed E-state index contributed by atoms with van der Waals surface area (Å²) in [5.41, 5.74) is 3.76. The van der Waals surface area contributed by atoms with Crippen LogP contribution in [-0.4, -0.2) is 67.1 Å². The van der Waals surface area contributed by atoms with E-state index in [1.807, 2.05) is 30.3 Å². The van der Waals surface area contributed by atoms with Gasteiger partial charge in [0.15, 0.2) is 11.5 Å². The minimum Gasteiger partial charge on any atom is -0.493 e. The van der Waals surface area contributed by atoms with Crippen LogP contribution in [0.2, 0.25) is 0 Å². The number of rotatable bonds is 7. The molecule has 36 heavy (non-hydrogen) atoms. The number of amides is 2. The number of ether oxygens (including phenoxy) is 3. The second-order valence-electron chi connectivity index (χ2n) is 9.89. The Labute approximate surface area is 211 Å². The van der Waals surface area contributed by atoms with Gasteiger partial charge < -0.3 is 29.0 Å². The minimum atomic E-state index is -0.575. The van der Waals surface area contributed by atoms with Gasteiger partial charge in [-0.3, -0.25) is 9.59 Å². The number of nitrogens with one attached hydrogen (secondary N) is 1. The van der Waals surface area contributed by atoms with Gasteiger partial charge in [0.05, 0.1) is 33.9 Å². The number of piperazine rings is 1. The fourth-order valence-electron chi connectivity index (χ4n) is 5.53. The monoisotopic (exact) mass is 491 g/mol. The number of aromatic nitrogens is 1. The molecule has 2 aliphatic rings. The molecule has 1 N–H and O–H groups in total. The van der Waals surface area contributed by atoms with Gasteiger partial charge in [-0.25, -0.2) is 0 Å². The maximum absolute atomic E-state index is 13.8. The Morgan fingerprint density at radius 3 is 2.36 bits per heavy atom. The van der Waals surface area contributed by atoms with Crippen LogP contribution in [0.5, 0.6) is 17.2 Å². The van der Waals surface area contributed by atoms with Gasteiger partial charge in [-0.15, -0.1) is 0 Å². The Balaban J connectivity index is 1.68. The van der Waals surface area contributed by atoms with Gasteiger partial charge in [0.2, 0.25) is 17.6 Å². The van der Waals surface area contributed by atoms with Crippen molar-refractivity contribution in [3.63, 3.8) is 0 Å². The van der Waals surface area contributed by atoms with Crippen molar-refractivity contribution in [2.24, 2.45) is 5.92 Å². The van der Waals surface area contributed by atoms with Crippen LogP contribution >= 0.6 is 0 Å². The number of aromatic amines is 1. The molecular formula is C28H33N3O5. The van der Waals surface area contributed by atoms with Crippen LogP contribution in [0.15, 0.2) is 36.4 Å². The molecule has 1 fully saturated rings. The molecule has 3 heterocycles. The second-order valence-corrected chi connectivity index (χ2v) is 9.89. The molecular weight excluding hydrogens is 458 g/mol. The highest BCUT2D eigenvalue weighted by atomic mass is 16.5. The first-order chi connectivity index (χ1) is 17.4. The van der Waals surface area contributed by atoms with E-state index in [1.54, 1.807) is 31.1 Å². The Hall–Kier alpha value is -3.68. The maximum Gasteiger partial charge on any atom is 0.246 e. The van der Waals surface area contributed by atoms with Crippen molar-refractivity contribution in [3.8, 4) is 17.2 Å². The van der Waals surface area contributed by atoms with E-state index in [0.717, 1.165) is 34.1 Å². The average Bonchev–Trinajstić information content (AvgIpc) is 3.26. The van der Waals surface area contributed by atoms with Crippen molar-refractivity contribution >= 4 is 22.7 Å². The number of hydrogen-bond acceptors (Lipinski definition) is 5. The van der Waals surface area contributed by atoms with Gasteiger partial charge in [-0.05, 0) is 41.7 Å². The SMILES string of the molecule is COc1cc([C@@H]2c3[nH]c4ccccc4c3C[C@H]3C(=O)N(CCC(C)C)CC(=O)N23)cc(OC)c1OC. The summed E-state index contributed by atoms with van der Waals surface area (Å²) >= 11 is 0. The summed E-state index contributed by atoms with van der Waals surface area (Å²) in [4.78, 5) is 34.5. The molecule has 2 aliphatic heterocycles. The van der Waals surface area contributed by atoms with Crippen molar-refractivity contribution in [2.45, 2.75) is 38.8 Å². The fourth-order valence-corrected chi connectivity index (χ4v) is 5.53. The van der Waals surface area contributed by atoms with Crippen molar-refractivity contribution in [1.82, 2.24) is 14.8 Å². The first kappa shape index (κ1) is 24.0. The highest BCUT2D eigenvalue weighted by Crippen LogP contribution is 2.47. The summed E-state index contributed by atoms with van der Waals surface area (Å²) in [6.07, 6.45) is 1.34. The predicted molar refractivity (Wildman–Crippen MR) is 137 cm³/mol. The molecule has 1 saturated heterocycles. The number of benzene rings is 2. The molecule has 190 valence electrons. The molecule has 0 spiro atoms. The van der Waals surface area contributed by atoms with Gasteiger partial charge >= 0.3 is 0 Å².